The number of methoxy groups -OCH3 is 1. The van der Waals surface area contributed by atoms with Gasteiger partial charge in [0.25, 0.3) is 0 Å². The first-order valence-corrected chi connectivity index (χ1v) is 8.66. The molecule has 0 aromatic heterocycles. The van der Waals surface area contributed by atoms with E-state index in [-0.39, 0.29) is 53.7 Å². The molecule has 0 saturated carbocycles. The Bertz CT molecular complexity index is 849. The Hall–Kier alpha value is -2.51. The Morgan fingerprint density at radius 3 is 2.29 bits per heavy atom. The maximum Gasteiger partial charge on any atom is 0.573 e. The second-order valence-corrected chi connectivity index (χ2v) is 5.93. The Morgan fingerprint density at radius 2 is 1.71 bits per heavy atom. The fourth-order valence-electron chi connectivity index (χ4n) is 2.43. The number of rotatable bonds is 9. The highest BCUT2D eigenvalue weighted by Gasteiger charge is 2.30. The summed E-state index contributed by atoms with van der Waals surface area (Å²) in [5.74, 6) is -0.0662. The number of nitrogens with one attached hydrogen (secondary N) is 1. The van der Waals surface area contributed by atoms with E-state index in [4.69, 9.17) is 10.5 Å². The van der Waals surface area contributed by atoms with Crippen LogP contribution in [0.25, 0.3) is 0 Å². The quantitative estimate of drug-likeness (QED) is 0.205. The van der Waals surface area contributed by atoms with Crippen molar-refractivity contribution in [2.45, 2.75) is 25.9 Å². The number of nitrogens with two attached hydrogens (primary N) is 1. The number of halogens is 6. The molecule has 0 unspecified atom stereocenters. The normalized spacial score (nSPS) is 11.6. The summed E-state index contributed by atoms with van der Waals surface area (Å²) < 4.78 is 74.5. The summed E-state index contributed by atoms with van der Waals surface area (Å²) in [6.45, 7) is -2.45. The van der Waals surface area contributed by atoms with Crippen molar-refractivity contribution in [3.8, 4) is 17.2 Å². The molecule has 12 heteroatoms. The van der Waals surface area contributed by atoms with Crippen molar-refractivity contribution in [1.29, 1.82) is 0 Å². The zero-order chi connectivity index (χ0) is 22.1. The molecule has 0 aliphatic carbocycles. The van der Waals surface area contributed by atoms with Gasteiger partial charge in [0.2, 0.25) is 0 Å². The van der Waals surface area contributed by atoms with Crippen molar-refractivity contribution >= 4 is 29.9 Å². The van der Waals surface area contributed by atoms with Gasteiger partial charge in [-0.2, -0.15) is 8.78 Å². The highest BCUT2D eigenvalue weighted by molar-refractivity contribution is 14.0. The van der Waals surface area contributed by atoms with Crippen LogP contribution in [0.3, 0.4) is 0 Å². The smallest absolute Gasteiger partial charge is 0.493 e. The molecule has 0 radical (unpaired) electrons. The number of nitrogens with zero attached hydrogens (tertiary/aromatic N) is 1. The van der Waals surface area contributed by atoms with Crippen LogP contribution in [0.1, 0.15) is 11.1 Å². The van der Waals surface area contributed by atoms with Crippen molar-refractivity contribution in [3.63, 3.8) is 0 Å². The zero-order valence-electron chi connectivity index (χ0n) is 16.3. The van der Waals surface area contributed by atoms with Crippen LogP contribution < -0.4 is 25.3 Å². The molecular weight excluding hydrogens is 540 g/mol. The third-order valence-electron chi connectivity index (χ3n) is 3.75. The summed E-state index contributed by atoms with van der Waals surface area (Å²) in [4.78, 5) is 4.09. The molecule has 31 heavy (non-hydrogen) atoms. The third-order valence-corrected chi connectivity index (χ3v) is 3.75. The van der Waals surface area contributed by atoms with Gasteiger partial charge in [-0.3, -0.25) is 0 Å². The second-order valence-electron chi connectivity index (χ2n) is 5.93. The van der Waals surface area contributed by atoms with E-state index >= 15 is 0 Å². The molecule has 0 aliphatic rings. The van der Waals surface area contributed by atoms with Crippen LogP contribution in [0.2, 0.25) is 0 Å². The molecule has 0 fully saturated rings. The molecular formula is C19H21F5IN3O3. The third kappa shape index (κ3) is 9.89. The Labute approximate surface area is 192 Å². The van der Waals surface area contributed by atoms with Crippen molar-refractivity contribution in [3.05, 3.63) is 53.6 Å². The lowest BCUT2D eigenvalue weighted by Crippen LogP contribution is -2.33. The molecule has 0 bridgehead atoms. The molecule has 6 nitrogen and oxygen atoms in total. The highest BCUT2D eigenvalue weighted by Crippen LogP contribution is 2.29. The minimum atomic E-state index is -4.75. The van der Waals surface area contributed by atoms with Gasteiger partial charge in [0.15, 0.2) is 17.5 Å². The lowest BCUT2D eigenvalue weighted by Gasteiger charge is -2.12. The van der Waals surface area contributed by atoms with E-state index in [1.165, 1.54) is 43.5 Å². The molecule has 2 rings (SSSR count). The fourth-order valence-corrected chi connectivity index (χ4v) is 2.43. The van der Waals surface area contributed by atoms with Crippen molar-refractivity contribution in [1.82, 2.24) is 5.32 Å². The fraction of sp³-hybridized carbons (Fsp3) is 0.316. The maximum atomic E-state index is 12.5. The predicted octanol–water partition coefficient (Wildman–Crippen LogP) is 4.46. The van der Waals surface area contributed by atoms with E-state index in [0.29, 0.717) is 24.1 Å². The van der Waals surface area contributed by atoms with Crippen molar-refractivity contribution in [2.24, 2.45) is 10.7 Å². The summed E-state index contributed by atoms with van der Waals surface area (Å²) in [6, 6.07) is 9.94. The van der Waals surface area contributed by atoms with Crippen LogP contribution in [-0.2, 0) is 13.0 Å². The molecule has 0 spiro atoms. The summed E-state index contributed by atoms with van der Waals surface area (Å²) in [5, 5.41) is 2.87. The minimum absolute atomic E-state index is 0. The van der Waals surface area contributed by atoms with Crippen molar-refractivity contribution in [2.75, 3.05) is 13.7 Å². The second kappa shape index (κ2) is 12.4. The molecule has 2 aromatic carbocycles. The molecule has 0 heterocycles. The van der Waals surface area contributed by atoms with Crippen LogP contribution in [-0.4, -0.2) is 32.6 Å². The standard InChI is InChI=1S/C19H20F5N3O3.HI/c1-28-15-7-4-12(10-16(15)29-17(20)21)8-9-26-18(25)27-11-13-2-5-14(6-3-13)30-19(22,23)24;/h2-7,10,17H,8-9,11H2,1H3,(H3,25,26,27);1H. The topological polar surface area (TPSA) is 78.1 Å². The maximum absolute atomic E-state index is 12.5. The van der Waals surface area contributed by atoms with Crippen LogP contribution >= 0.6 is 24.0 Å². The van der Waals surface area contributed by atoms with Gasteiger partial charge in [-0.05, 0) is 41.8 Å². The van der Waals surface area contributed by atoms with Crippen LogP contribution in [0.15, 0.2) is 47.5 Å². The number of benzene rings is 2. The first kappa shape index (κ1) is 26.5. The van der Waals surface area contributed by atoms with E-state index in [1.807, 2.05) is 0 Å². The van der Waals surface area contributed by atoms with E-state index in [9.17, 15) is 22.0 Å². The van der Waals surface area contributed by atoms with E-state index in [2.05, 4.69) is 19.8 Å². The molecule has 0 saturated heterocycles. The first-order valence-electron chi connectivity index (χ1n) is 8.66. The molecule has 0 atom stereocenters. The minimum Gasteiger partial charge on any atom is -0.493 e. The summed E-state index contributed by atoms with van der Waals surface area (Å²) in [6.07, 6.45) is -4.30. The average molecular weight is 561 g/mol. The van der Waals surface area contributed by atoms with Crippen LogP contribution in [0.4, 0.5) is 22.0 Å². The number of hydrogen-bond acceptors (Lipinski definition) is 4. The Balaban J connectivity index is 0.00000480. The summed E-state index contributed by atoms with van der Waals surface area (Å²) in [5.41, 5.74) is 7.11. The predicted molar refractivity (Wildman–Crippen MR) is 115 cm³/mol. The molecule has 0 aliphatic heterocycles. The van der Waals surface area contributed by atoms with E-state index in [0.717, 1.165) is 0 Å². The highest BCUT2D eigenvalue weighted by atomic mass is 127. The SMILES string of the molecule is COc1ccc(CCNC(N)=NCc2ccc(OC(F)(F)F)cc2)cc1OC(F)F.I. The van der Waals surface area contributed by atoms with E-state index < -0.39 is 13.0 Å². The van der Waals surface area contributed by atoms with Gasteiger partial charge in [-0.1, -0.05) is 18.2 Å². The molecule has 3 N–H and O–H groups in total. The van der Waals surface area contributed by atoms with Gasteiger partial charge in [0, 0.05) is 6.54 Å². The van der Waals surface area contributed by atoms with Gasteiger partial charge < -0.3 is 25.3 Å². The summed E-state index contributed by atoms with van der Waals surface area (Å²) >= 11 is 0. The monoisotopic (exact) mass is 561 g/mol. The van der Waals surface area contributed by atoms with Gasteiger partial charge in [0.1, 0.15) is 5.75 Å². The van der Waals surface area contributed by atoms with Crippen LogP contribution in [0, 0.1) is 0 Å². The molecule has 2 aromatic rings. The number of hydrogen-bond donors (Lipinski definition) is 2. The summed E-state index contributed by atoms with van der Waals surface area (Å²) in [7, 11) is 1.35. The molecule has 172 valence electrons. The zero-order valence-corrected chi connectivity index (χ0v) is 18.6. The van der Waals surface area contributed by atoms with Gasteiger partial charge in [-0.25, -0.2) is 4.99 Å². The Kier molecular flexibility index (Phi) is 10.6. The lowest BCUT2D eigenvalue weighted by atomic mass is 10.1. The van der Waals surface area contributed by atoms with Crippen molar-refractivity contribution < 1.29 is 36.2 Å². The first-order chi connectivity index (χ1) is 14.2. The average Bonchev–Trinajstić information content (AvgIpc) is 2.66. The van der Waals surface area contributed by atoms with Crippen LogP contribution in [0.5, 0.6) is 17.2 Å². The van der Waals surface area contributed by atoms with E-state index in [1.54, 1.807) is 6.07 Å². The van der Waals surface area contributed by atoms with Gasteiger partial charge >= 0.3 is 13.0 Å². The number of aliphatic imine (C=N–C) groups is 1. The lowest BCUT2D eigenvalue weighted by molar-refractivity contribution is -0.274. The number of alkyl halides is 5. The molecule has 0 amide bonds. The largest absolute Gasteiger partial charge is 0.573 e. The Morgan fingerprint density at radius 1 is 1.06 bits per heavy atom. The number of ether oxygens (including phenoxy) is 3. The van der Waals surface area contributed by atoms with Gasteiger partial charge in [0.05, 0.1) is 13.7 Å². The number of guanidine groups is 1. The van der Waals surface area contributed by atoms with Gasteiger partial charge in [-0.15, -0.1) is 37.1 Å².